The molecule has 20 heavy (non-hydrogen) atoms. The van der Waals surface area contributed by atoms with Crippen molar-refractivity contribution in [2.45, 2.75) is 0 Å². The molecule has 1 aromatic heterocycles. The van der Waals surface area contributed by atoms with Gasteiger partial charge in [0, 0.05) is 12.3 Å². The van der Waals surface area contributed by atoms with E-state index in [9.17, 15) is 10.1 Å². The number of nitrogens with zero attached hydrogens (tertiary/aromatic N) is 3. The Labute approximate surface area is 124 Å². The summed E-state index contributed by atoms with van der Waals surface area (Å²) in [6, 6.07) is 7.76. The van der Waals surface area contributed by atoms with Crippen LogP contribution in [-0.4, -0.2) is 16.1 Å². The quantitative estimate of drug-likeness (QED) is 0.530. The standard InChI is InChI=1S/C12H8Cl2N4O2/c13-9-5-10(14)12(15-7-9)17-16-6-8-3-1-2-4-11(8)18(19)20/h1-7H,(H,15,17)/b16-6-. The van der Waals surface area contributed by atoms with Crippen LogP contribution in [0.5, 0.6) is 0 Å². The first-order chi connectivity index (χ1) is 9.58. The van der Waals surface area contributed by atoms with E-state index in [1.807, 2.05) is 0 Å². The molecule has 0 saturated carbocycles. The van der Waals surface area contributed by atoms with Crippen molar-refractivity contribution in [1.29, 1.82) is 0 Å². The van der Waals surface area contributed by atoms with Crippen LogP contribution in [0.1, 0.15) is 5.56 Å². The van der Waals surface area contributed by atoms with Crippen LogP contribution >= 0.6 is 23.2 Å². The predicted octanol–water partition coefficient (Wildman–Crippen LogP) is 3.74. The molecule has 0 aliphatic carbocycles. The average molecular weight is 311 g/mol. The third-order valence-corrected chi connectivity index (χ3v) is 2.81. The van der Waals surface area contributed by atoms with Crippen LogP contribution < -0.4 is 5.43 Å². The monoisotopic (exact) mass is 310 g/mol. The van der Waals surface area contributed by atoms with Gasteiger partial charge in [0.15, 0.2) is 5.82 Å². The number of nitro benzene ring substituents is 1. The number of nitrogens with one attached hydrogen (secondary N) is 1. The summed E-state index contributed by atoms with van der Waals surface area (Å²) in [7, 11) is 0. The Morgan fingerprint density at radius 2 is 2.10 bits per heavy atom. The molecule has 0 unspecified atom stereocenters. The van der Waals surface area contributed by atoms with Crippen LogP contribution in [0.3, 0.4) is 0 Å². The van der Waals surface area contributed by atoms with E-state index >= 15 is 0 Å². The Bertz CT molecular complexity index is 676. The Kier molecular flexibility index (Phi) is 4.49. The number of hydrogen-bond donors (Lipinski definition) is 1. The third kappa shape index (κ3) is 3.43. The molecular weight excluding hydrogens is 303 g/mol. The number of pyridine rings is 1. The van der Waals surface area contributed by atoms with Crippen LogP contribution in [0.2, 0.25) is 10.0 Å². The second-order valence-electron chi connectivity index (χ2n) is 3.67. The molecule has 0 bridgehead atoms. The minimum absolute atomic E-state index is 0.0341. The lowest BCUT2D eigenvalue weighted by Crippen LogP contribution is -1.97. The highest BCUT2D eigenvalue weighted by Gasteiger charge is 2.10. The van der Waals surface area contributed by atoms with E-state index in [4.69, 9.17) is 23.2 Å². The summed E-state index contributed by atoms with van der Waals surface area (Å²) in [5.41, 5.74) is 2.94. The highest BCUT2D eigenvalue weighted by atomic mass is 35.5. The molecule has 0 radical (unpaired) electrons. The summed E-state index contributed by atoms with van der Waals surface area (Å²) in [4.78, 5) is 14.3. The fraction of sp³-hybridized carbons (Fsp3) is 0. The lowest BCUT2D eigenvalue weighted by atomic mass is 10.2. The normalized spacial score (nSPS) is 10.7. The van der Waals surface area contributed by atoms with Crippen molar-refractivity contribution in [3.8, 4) is 0 Å². The lowest BCUT2D eigenvalue weighted by molar-refractivity contribution is -0.385. The maximum absolute atomic E-state index is 10.8. The SMILES string of the molecule is O=[N+]([O-])c1ccccc1/C=N\Nc1ncc(Cl)cc1Cl. The highest BCUT2D eigenvalue weighted by molar-refractivity contribution is 6.35. The summed E-state index contributed by atoms with van der Waals surface area (Å²) in [6.45, 7) is 0. The van der Waals surface area contributed by atoms with Crippen LogP contribution in [0.4, 0.5) is 11.5 Å². The van der Waals surface area contributed by atoms with Gasteiger partial charge in [0.05, 0.1) is 26.7 Å². The van der Waals surface area contributed by atoms with Gasteiger partial charge in [0.25, 0.3) is 5.69 Å². The number of para-hydroxylation sites is 1. The minimum atomic E-state index is -0.477. The lowest BCUT2D eigenvalue weighted by Gasteiger charge is -2.02. The van der Waals surface area contributed by atoms with Gasteiger partial charge in [-0.3, -0.25) is 15.5 Å². The van der Waals surface area contributed by atoms with E-state index in [-0.39, 0.29) is 5.69 Å². The summed E-state index contributed by atoms with van der Waals surface area (Å²) >= 11 is 11.6. The Morgan fingerprint density at radius 3 is 2.80 bits per heavy atom. The van der Waals surface area contributed by atoms with Crippen molar-refractivity contribution in [1.82, 2.24) is 4.98 Å². The van der Waals surface area contributed by atoms with Crippen molar-refractivity contribution in [3.63, 3.8) is 0 Å². The summed E-state index contributed by atoms with van der Waals surface area (Å²) in [6.07, 6.45) is 2.74. The predicted molar refractivity (Wildman–Crippen MR) is 78.6 cm³/mol. The molecule has 0 aliphatic heterocycles. The average Bonchev–Trinajstić information content (AvgIpc) is 2.41. The zero-order valence-corrected chi connectivity index (χ0v) is 11.5. The number of hydrazone groups is 1. The van der Waals surface area contributed by atoms with Gasteiger partial charge in [-0.15, -0.1) is 0 Å². The van der Waals surface area contributed by atoms with Gasteiger partial charge >= 0.3 is 0 Å². The molecule has 0 spiro atoms. The van der Waals surface area contributed by atoms with E-state index in [0.717, 1.165) is 0 Å². The number of hydrogen-bond acceptors (Lipinski definition) is 5. The topological polar surface area (TPSA) is 80.4 Å². The number of rotatable bonds is 4. The molecule has 0 aliphatic rings. The van der Waals surface area contributed by atoms with Gasteiger partial charge in [-0.1, -0.05) is 35.3 Å². The van der Waals surface area contributed by atoms with Gasteiger partial charge in [-0.05, 0) is 12.1 Å². The van der Waals surface area contributed by atoms with Crippen molar-refractivity contribution in [3.05, 3.63) is 62.3 Å². The molecular formula is C12H8Cl2N4O2. The first kappa shape index (κ1) is 14.2. The van der Waals surface area contributed by atoms with Crippen molar-refractivity contribution >= 4 is 40.9 Å². The van der Waals surface area contributed by atoms with Gasteiger partial charge < -0.3 is 0 Å². The van der Waals surface area contributed by atoms with E-state index in [2.05, 4.69) is 15.5 Å². The van der Waals surface area contributed by atoms with E-state index in [1.54, 1.807) is 18.2 Å². The first-order valence-electron chi connectivity index (χ1n) is 5.41. The molecule has 1 N–H and O–H groups in total. The number of aromatic nitrogens is 1. The summed E-state index contributed by atoms with van der Waals surface area (Å²) in [5, 5.41) is 15.4. The number of halogens is 2. The number of benzene rings is 1. The molecule has 0 fully saturated rings. The fourth-order valence-electron chi connectivity index (χ4n) is 1.42. The molecule has 1 heterocycles. The van der Waals surface area contributed by atoms with Crippen molar-refractivity contribution in [2.24, 2.45) is 5.10 Å². The van der Waals surface area contributed by atoms with Gasteiger partial charge in [-0.25, -0.2) is 4.98 Å². The maximum Gasteiger partial charge on any atom is 0.278 e. The Morgan fingerprint density at radius 1 is 1.35 bits per heavy atom. The first-order valence-corrected chi connectivity index (χ1v) is 6.17. The molecule has 8 heteroatoms. The van der Waals surface area contributed by atoms with Crippen molar-refractivity contribution < 1.29 is 4.92 Å². The Hall–Kier alpha value is -2.18. The van der Waals surface area contributed by atoms with Crippen LogP contribution in [0.15, 0.2) is 41.6 Å². The molecule has 0 atom stereocenters. The number of anilines is 1. The van der Waals surface area contributed by atoms with E-state index in [1.165, 1.54) is 24.5 Å². The molecule has 102 valence electrons. The molecule has 1 aromatic carbocycles. The zero-order chi connectivity index (χ0) is 14.5. The van der Waals surface area contributed by atoms with Crippen LogP contribution in [0.25, 0.3) is 0 Å². The molecule has 6 nitrogen and oxygen atoms in total. The van der Waals surface area contributed by atoms with Gasteiger partial charge in [-0.2, -0.15) is 5.10 Å². The third-order valence-electron chi connectivity index (χ3n) is 2.32. The Balaban J connectivity index is 2.16. The second-order valence-corrected chi connectivity index (χ2v) is 4.51. The largest absolute Gasteiger partial charge is 0.278 e. The maximum atomic E-state index is 10.8. The van der Waals surface area contributed by atoms with E-state index < -0.39 is 4.92 Å². The smallest absolute Gasteiger partial charge is 0.260 e. The highest BCUT2D eigenvalue weighted by Crippen LogP contribution is 2.22. The van der Waals surface area contributed by atoms with Crippen LogP contribution in [-0.2, 0) is 0 Å². The van der Waals surface area contributed by atoms with Crippen molar-refractivity contribution in [2.75, 3.05) is 5.43 Å². The molecule has 2 rings (SSSR count). The van der Waals surface area contributed by atoms with E-state index in [0.29, 0.717) is 21.4 Å². The summed E-state index contributed by atoms with van der Waals surface area (Å²) in [5.74, 6) is 0.311. The van der Waals surface area contributed by atoms with Gasteiger partial charge in [0.2, 0.25) is 0 Å². The zero-order valence-electron chi connectivity index (χ0n) is 9.96. The fourth-order valence-corrected chi connectivity index (χ4v) is 1.85. The van der Waals surface area contributed by atoms with Gasteiger partial charge in [0.1, 0.15) is 0 Å². The molecule has 2 aromatic rings. The van der Waals surface area contributed by atoms with Crippen LogP contribution in [0, 0.1) is 10.1 Å². The molecule has 0 amide bonds. The number of nitro groups is 1. The molecule has 0 saturated heterocycles. The summed E-state index contributed by atoms with van der Waals surface area (Å²) < 4.78 is 0. The second kappa shape index (κ2) is 6.31. The minimum Gasteiger partial charge on any atom is -0.260 e.